The number of likely N-dealkylation sites (N-methyl/N-ethyl adjacent to an activating group) is 1. The summed E-state index contributed by atoms with van der Waals surface area (Å²) in [6.07, 6.45) is 5.37. The molecule has 29 heavy (non-hydrogen) atoms. The van der Waals surface area contributed by atoms with Crippen LogP contribution in [0, 0.1) is 6.92 Å². The third-order valence-corrected chi connectivity index (χ3v) is 4.42. The number of hydrogen-bond acceptors (Lipinski definition) is 2. The number of carbonyl (C=O) groups is 1. The summed E-state index contributed by atoms with van der Waals surface area (Å²) in [5.41, 5.74) is 2.16. The zero-order chi connectivity index (χ0) is 22.2. The van der Waals surface area contributed by atoms with Crippen LogP contribution in [0.15, 0.2) is 47.6 Å². The highest BCUT2D eigenvalue weighted by molar-refractivity contribution is 6.38. The summed E-state index contributed by atoms with van der Waals surface area (Å²) in [6.45, 7) is 7.46. The molecule has 8 heteroatoms. The molecule has 1 amide bonds. The van der Waals surface area contributed by atoms with Crippen LogP contribution in [0.25, 0.3) is 6.08 Å². The van der Waals surface area contributed by atoms with Gasteiger partial charge in [-0.05, 0) is 33.3 Å². The summed E-state index contributed by atoms with van der Waals surface area (Å²) in [5, 5.41) is 2.80. The van der Waals surface area contributed by atoms with Gasteiger partial charge in [0, 0.05) is 29.8 Å². The third-order valence-electron chi connectivity index (χ3n) is 3.62. The number of amides is 1. The lowest BCUT2D eigenvalue weighted by atomic mass is 10.1. The van der Waals surface area contributed by atoms with Gasteiger partial charge in [0.05, 0.1) is 10.0 Å². The van der Waals surface area contributed by atoms with E-state index in [0.717, 1.165) is 17.2 Å². The van der Waals surface area contributed by atoms with Crippen molar-refractivity contribution in [3.8, 4) is 5.75 Å². The predicted molar refractivity (Wildman–Crippen MR) is 112 cm³/mol. The van der Waals surface area contributed by atoms with Gasteiger partial charge in [-0.1, -0.05) is 59.2 Å². The molecule has 0 unspecified atom stereocenters. The van der Waals surface area contributed by atoms with E-state index in [4.69, 9.17) is 23.2 Å². The van der Waals surface area contributed by atoms with Gasteiger partial charge < -0.3 is 10.1 Å². The van der Waals surface area contributed by atoms with E-state index in [2.05, 4.69) is 10.1 Å². The van der Waals surface area contributed by atoms with Crippen LogP contribution >= 0.6 is 23.2 Å². The van der Waals surface area contributed by atoms with Gasteiger partial charge in [0.25, 0.3) is 0 Å². The van der Waals surface area contributed by atoms with E-state index < -0.39 is 12.1 Å². The maximum atomic E-state index is 12.5. The van der Waals surface area contributed by atoms with E-state index in [-0.39, 0.29) is 21.5 Å². The Morgan fingerprint density at radius 2 is 1.86 bits per heavy atom. The van der Waals surface area contributed by atoms with Gasteiger partial charge in [-0.15, -0.1) is 13.2 Å². The highest BCUT2D eigenvalue weighted by atomic mass is 35.5. The van der Waals surface area contributed by atoms with Gasteiger partial charge in [0.15, 0.2) is 0 Å². The molecule has 0 aromatic heterocycles. The van der Waals surface area contributed by atoms with Crippen molar-refractivity contribution in [3.63, 3.8) is 0 Å². The normalized spacial score (nSPS) is 13.4. The third kappa shape index (κ3) is 8.79. The van der Waals surface area contributed by atoms with Gasteiger partial charge in [-0.3, -0.25) is 4.79 Å². The molecule has 0 aliphatic rings. The van der Waals surface area contributed by atoms with Crippen molar-refractivity contribution in [3.05, 3.63) is 68.8 Å². The fraction of sp³-hybridized carbons (Fsp3) is 0.286. The molecule has 0 saturated carbocycles. The molecule has 1 rings (SSSR count). The number of nitrogens with one attached hydrogen (secondary N) is 1. The lowest BCUT2D eigenvalue weighted by molar-refractivity contribution is -0.274. The Hall–Kier alpha value is -2.18. The molecular weight excluding hydrogens is 426 g/mol. The van der Waals surface area contributed by atoms with Crippen molar-refractivity contribution in [2.75, 3.05) is 6.54 Å². The van der Waals surface area contributed by atoms with Gasteiger partial charge in [-0.25, -0.2) is 0 Å². The topological polar surface area (TPSA) is 38.3 Å². The lowest BCUT2D eigenvalue weighted by Gasteiger charge is -2.14. The van der Waals surface area contributed by atoms with Gasteiger partial charge in [0.1, 0.15) is 5.75 Å². The Kier molecular flexibility index (Phi) is 9.53. The fourth-order valence-corrected chi connectivity index (χ4v) is 2.76. The molecule has 0 aliphatic heterocycles. The van der Waals surface area contributed by atoms with Crippen molar-refractivity contribution in [2.24, 2.45) is 0 Å². The highest BCUT2D eigenvalue weighted by Gasteiger charge is 2.32. The van der Waals surface area contributed by atoms with Gasteiger partial charge >= 0.3 is 6.36 Å². The number of allylic oxidation sites excluding steroid dienone is 6. The molecule has 158 valence electrons. The van der Waals surface area contributed by atoms with Crippen LogP contribution in [0.3, 0.4) is 0 Å². The van der Waals surface area contributed by atoms with Crippen molar-refractivity contribution in [1.82, 2.24) is 5.32 Å². The molecule has 0 radical (unpaired) electrons. The van der Waals surface area contributed by atoms with Crippen molar-refractivity contribution in [2.45, 2.75) is 34.1 Å². The SMILES string of the molecule is CCNC(=O)/C=C(C)/C=C/C=C(C)/C=C/c1c(Cl)cc(OC(F)(F)F)c(C)c1Cl. The Morgan fingerprint density at radius 1 is 1.21 bits per heavy atom. The van der Waals surface area contributed by atoms with Crippen LogP contribution in [0.4, 0.5) is 13.2 Å². The Morgan fingerprint density at radius 3 is 2.45 bits per heavy atom. The van der Waals surface area contributed by atoms with E-state index in [0.29, 0.717) is 12.1 Å². The largest absolute Gasteiger partial charge is 0.573 e. The van der Waals surface area contributed by atoms with Crippen molar-refractivity contribution >= 4 is 35.2 Å². The smallest absolute Gasteiger partial charge is 0.405 e. The second-order valence-corrected chi connectivity index (χ2v) is 6.93. The lowest BCUT2D eigenvalue weighted by Crippen LogP contribution is -2.20. The predicted octanol–water partition coefficient (Wildman–Crippen LogP) is 6.80. The Bertz CT molecular complexity index is 870. The van der Waals surface area contributed by atoms with Crippen LogP contribution in [-0.4, -0.2) is 18.8 Å². The monoisotopic (exact) mass is 447 g/mol. The minimum Gasteiger partial charge on any atom is -0.405 e. The zero-order valence-corrected chi connectivity index (χ0v) is 18.0. The molecule has 1 N–H and O–H groups in total. The van der Waals surface area contributed by atoms with E-state index in [1.165, 1.54) is 13.0 Å². The summed E-state index contributed by atoms with van der Waals surface area (Å²) in [6, 6.07) is 1.09. The molecule has 0 fully saturated rings. The molecule has 0 atom stereocenters. The summed E-state index contributed by atoms with van der Waals surface area (Å²) in [7, 11) is 0. The van der Waals surface area contributed by atoms with Crippen LogP contribution in [0.1, 0.15) is 31.9 Å². The van der Waals surface area contributed by atoms with Crippen molar-refractivity contribution < 1.29 is 22.7 Å². The standard InChI is InChI=1S/C21H22Cl2F3NO2/c1-5-27-19(28)11-14(3)8-6-7-13(2)9-10-16-17(22)12-18(15(4)20(16)23)29-21(24,25)26/h6-12H,5H2,1-4H3,(H,27,28)/b8-6+,10-9+,13-7+,14-11+. The number of hydrogen-bond donors (Lipinski definition) is 1. The number of ether oxygens (including phenoxy) is 1. The molecule has 0 spiro atoms. The van der Waals surface area contributed by atoms with E-state index in [1.54, 1.807) is 37.3 Å². The molecular formula is C21H22Cl2F3NO2. The quantitative estimate of drug-likeness (QED) is 0.368. The number of alkyl halides is 3. The van der Waals surface area contributed by atoms with Crippen LogP contribution in [0.5, 0.6) is 5.75 Å². The molecule has 0 heterocycles. The second-order valence-electron chi connectivity index (χ2n) is 6.14. The molecule has 1 aromatic rings. The molecule has 3 nitrogen and oxygen atoms in total. The van der Waals surface area contributed by atoms with E-state index in [1.807, 2.05) is 13.8 Å². The second kappa shape index (κ2) is 11.1. The average molecular weight is 448 g/mol. The summed E-state index contributed by atoms with van der Waals surface area (Å²) < 4.78 is 41.3. The summed E-state index contributed by atoms with van der Waals surface area (Å²) in [5.74, 6) is -0.595. The first-order chi connectivity index (χ1) is 13.4. The maximum absolute atomic E-state index is 12.5. The number of carbonyl (C=O) groups excluding carboxylic acids is 1. The summed E-state index contributed by atoms with van der Waals surface area (Å²) >= 11 is 12.3. The zero-order valence-electron chi connectivity index (χ0n) is 16.5. The van der Waals surface area contributed by atoms with Crippen LogP contribution < -0.4 is 10.1 Å². The van der Waals surface area contributed by atoms with Crippen LogP contribution in [0.2, 0.25) is 10.0 Å². The Balaban J connectivity index is 2.97. The molecule has 1 aromatic carbocycles. The van der Waals surface area contributed by atoms with Gasteiger partial charge in [0.2, 0.25) is 5.91 Å². The number of rotatable bonds is 7. The van der Waals surface area contributed by atoms with Crippen LogP contribution in [-0.2, 0) is 4.79 Å². The Labute approximate surface area is 178 Å². The number of halogens is 5. The average Bonchev–Trinajstić information content (AvgIpc) is 2.58. The minimum atomic E-state index is -4.83. The fourth-order valence-electron chi connectivity index (χ4n) is 2.20. The first-order valence-electron chi connectivity index (χ1n) is 8.68. The maximum Gasteiger partial charge on any atom is 0.573 e. The number of benzene rings is 1. The van der Waals surface area contributed by atoms with Crippen molar-refractivity contribution in [1.29, 1.82) is 0 Å². The molecule has 0 saturated heterocycles. The highest BCUT2D eigenvalue weighted by Crippen LogP contribution is 2.38. The summed E-state index contributed by atoms with van der Waals surface area (Å²) in [4.78, 5) is 11.5. The first kappa shape index (κ1) is 24.9. The van der Waals surface area contributed by atoms with E-state index in [9.17, 15) is 18.0 Å². The van der Waals surface area contributed by atoms with Gasteiger partial charge in [-0.2, -0.15) is 0 Å². The van der Waals surface area contributed by atoms with E-state index >= 15 is 0 Å². The molecule has 0 bridgehead atoms. The minimum absolute atomic E-state index is 0.0418. The first-order valence-corrected chi connectivity index (χ1v) is 9.43. The molecule has 0 aliphatic carbocycles.